The lowest BCUT2D eigenvalue weighted by Crippen LogP contribution is -2.16. The topological polar surface area (TPSA) is 91.2 Å². The fraction of sp³-hybridized carbons (Fsp3) is 0.211. The van der Waals surface area contributed by atoms with E-state index >= 15 is 0 Å². The monoisotopic (exact) mass is 371 g/mol. The lowest BCUT2D eigenvalue weighted by molar-refractivity contribution is -0.117. The summed E-state index contributed by atoms with van der Waals surface area (Å²) in [5.74, 6) is -0.0443. The molecule has 0 saturated carbocycles. The fourth-order valence-corrected chi connectivity index (χ4v) is 2.35. The van der Waals surface area contributed by atoms with Gasteiger partial charge in [-0.3, -0.25) is 9.59 Å². The predicted molar refractivity (Wildman–Crippen MR) is 100 cm³/mol. The molecule has 0 aliphatic heterocycles. The quantitative estimate of drug-likeness (QED) is 0.686. The third kappa shape index (κ3) is 6.11. The van der Waals surface area contributed by atoms with Crippen molar-refractivity contribution in [1.82, 2.24) is 0 Å². The summed E-state index contributed by atoms with van der Waals surface area (Å²) in [6.07, 6.45) is 0.520. The number of nitrogens with zero attached hydrogens (tertiary/aromatic N) is 1. The molecule has 0 bridgehead atoms. The van der Waals surface area contributed by atoms with Crippen molar-refractivity contribution in [3.8, 4) is 11.8 Å². The highest BCUT2D eigenvalue weighted by atomic mass is 35.5. The van der Waals surface area contributed by atoms with Crippen molar-refractivity contribution in [2.75, 3.05) is 17.2 Å². The number of carbonyl (C=O) groups is 2. The van der Waals surface area contributed by atoms with Gasteiger partial charge in [-0.05, 0) is 30.7 Å². The first-order valence-corrected chi connectivity index (χ1v) is 8.41. The molecule has 7 heteroatoms. The van der Waals surface area contributed by atoms with Crippen LogP contribution in [-0.4, -0.2) is 18.4 Å². The van der Waals surface area contributed by atoms with Crippen LogP contribution in [0, 0.1) is 11.3 Å². The minimum absolute atomic E-state index is 0.199. The molecule has 0 saturated heterocycles. The van der Waals surface area contributed by atoms with Crippen LogP contribution in [0.2, 0.25) is 5.02 Å². The van der Waals surface area contributed by atoms with Gasteiger partial charge in [0.2, 0.25) is 11.8 Å². The molecule has 26 heavy (non-hydrogen) atoms. The minimum atomic E-state index is -0.428. The largest absolute Gasteiger partial charge is 0.492 e. The molecule has 2 aromatic carbocycles. The Morgan fingerprint density at radius 1 is 1.00 bits per heavy atom. The lowest BCUT2D eigenvalue weighted by Gasteiger charge is -2.12. The van der Waals surface area contributed by atoms with E-state index in [4.69, 9.17) is 21.6 Å². The normalized spacial score (nSPS) is 9.85. The summed E-state index contributed by atoms with van der Waals surface area (Å²) in [6.45, 7) is 0.359. The molecule has 6 nitrogen and oxygen atoms in total. The third-order valence-electron chi connectivity index (χ3n) is 3.36. The Morgan fingerprint density at radius 2 is 1.62 bits per heavy atom. The molecule has 2 rings (SSSR count). The van der Waals surface area contributed by atoms with Crippen molar-refractivity contribution in [3.63, 3.8) is 0 Å². The van der Waals surface area contributed by atoms with Gasteiger partial charge in [-0.1, -0.05) is 35.9 Å². The fourth-order valence-electron chi connectivity index (χ4n) is 2.16. The average molecular weight is 372 g/mol. The van der Waals surface area contributed by atoms with Gasteiger partial charge in [-0.2, -0.15) is 5.26 Å². The Morgan fingerprint density at radius 3 is 2.27 bits per heavy atom. The number of hydrogen-bond donors (Lipinski definition) is 2. The zero-order chi connectivity index (χ0) is 18.8. The number of para-hydroxylation sites is 3. The van der Waals surface area contributed by atoms with Gasteiger partial charge in [0, 0.05) is 6.42 Å². The van der Waals surface area contributed by atoms with Crippen LogP contribution in [0.4, 0.5) is 11.4 Å². The number of halogens is 1. The van der Waals surface area contributed by atoms with Crippen molar-refractivity contribution in [2.45, 2.75) is 19.3 Å². The van der Waals surface area contributed by atoms with Gasteiger partial charge >= 0.3 is 0 Å². The maximum Gasteiger partial charge on any atom is 0.238 e. The van der Waals surface area contributed by atoms with Gasteiger partial charge in [0.25, 0.3) is 0 Å². The van der Waals surface area contributed by atoms with Crippen LogP contribution in [0.5, 0.6) is 5.75 Å². The Kier molecular flexibility index (Phi) is 7.47. The molecule has 0 atom stereocenters. The minimum Gasteiger partial charge on any atom is -0.492 e. The molecule has 2 aromatic rings. The van der Waals surface area contributed by atoms with Crippen molar-refractivity contribution in [3.05, 3.63) is 53.6 Å². The second-order valence-corrected chi connectivity index (χ2v) is 5.77. The number of ether oxygens (including phenoxy) is 1. The summed E-state index contributed by atoms with van der Waals surface area (Å²) in [4.78, 5) is 23.6. The zero-order valence-electron chi connectivity index (χ0n) is 14.0. The molecular formula is C19H18ClN3O3. The smallest absolute Gasteiger partial charge is 0.238 e. The molecular weight excluding hydrogens is 354 g/mol. The van der Waals surface area contributed by atoms with E-state index in [-0.39, 0.29) is 18.7 Å². The zero-order valence-corrected chi connectivity index (χ0v) is 14.8. The highest BCUT2D eigenvalue weighted by molar-refractivity contribution is 6.32. The van der Waals surface area contributed by atoms with Gasteiger partial charge in [-0.15, -0.1) is 0 Å². The van der Waals surface area contributed by atoms with E-state index in [0.29, 0.717) is 35.2 Å². The number of nitrogens with one attached hydrogen (secondary N) is 2. The third-order valence-corrected chi connectivity index (χ3v) is 3.67. The Labute approximate surface area is 156 Å². The molecule has 0 unspecified atom stereocenters. The van der Waals surface area contributed by atoms with E-state index in [1.165, 1.54) is 0 Å². The highest BCUT2D eigenvalue weighted by Gasteiger charge is 2.09. The number of anilines is 2. The molecule has 2 amide bonds. The summed E-state index contributed by atoms with van der Waals surface area (Å²) in [6, 6.07) is 15.7. The van der Waals surface area contributed by atoms with Crippen LogP contribution >= 0.6 is 11.6 Å². The van der Waals surface area contributed by atoms with Crippen molar-refractivity contribution >= 4 is 34.8 Å². The SMILES string of the molecule is N#CCC(=O)Nc1ccccc1NC(=O)CCCOc1ccccc1Cl. The summed E-state index contributed by atoms with van der Waals surface area (Å²) in [5.41, 5.74) is 0.934. The first kappa shape index (κ1) is 19.3. The Hall–Kier alpha value is -3.04. The van der Waals surface area contributed by atoms with Crippen LogP contribution in [0.25, 0.3) is 0 Å². The number of nitriles is 1. The van der Waals surface area contributed by atoms with Crippen LogP contribution in [-0.2, 0) is 9.59 Å². The van der Waals surface area contributed by atoms with Crippen molar-refractivity contribution in [2.24, 2.45) is 0 Å². The first-order chi connectivity index (χ1) is 12.6. The van der Waals surface area contributed by atoms with Crippen molar-refractivity contribution in [1.29, 1.82) is 5.26 Å². The van der Waals surface area contributed by atoms with E-state index in [1.807, 2.05) is 12.1 Å². The van der Waals surface area contributed by atoms with Crippen LogP contribution in [0.3, 0.4) is 0 Å². The molecule has 0 aliphatic rings. The number of amides is 2. The maximum absolute atomic E-state index is 12.1. The summed E-state index contributed by atoms with van der Waals surface area (Å²) in [7, 11) is 0. The van der Waals surface area contributed by atoms with Gasteiger partial charge in [0.05, 0.1) is 29.1 Å². The Bertz CT molecular complexity index is 818. The Balaban J connectivity index is 1.82. The van der Waals surface area contributed by atoms with Gasteiger partial charge in [-0.25, -0.2) is 0 Å². The standard InChI is InChI=1S/C19H18ClN3O3/c20-14-6-1-4-9-17(14)26-13-5-10-18(24)22-15-7-2-3-8-16(15)23-19(25)11-12-21/h1-4,6-9H,5,10-11,13H2,(H,22,24)(H,23,25). The van der Waals surface area contributed by atoms with Crippen LogP contribution in [0.1, 0.15) is 19.3 Å². The molecule has 0 heterocycles. The molecule has 0 aliphatic carbocycles. The number of benzene rings is 2. The summed E-state index contributed by atoms with van der Waals surface area (Å²) < 4.78 is 5.54. The average Bonchev–Trinajstić information content (AvgIpc) is 2.62. The molecule has 0 spiro atoms. The number of hydrogen-bond acceptors (Lipinski definition) is 4. The second-order valence-electron chi connectivity index (χ2n) is 5.36. The second kappa shape index (κ2) is 10.1. The molecule has 0 radical (unpaired) electrons. The number of rotatable bonds is 8. The highest BCUT2D eigenvalue weighted by Crippen LogP contribution is 2.24. The number of carbonyl (C=O) groups excluding carboxylic acids is 2. The van der Waals surface area contributed by atoms with Gasteiger partial charge < -0.3 is 15.4 Å². The molecule has 134 valence electrons. The molecule has 0 aromatic heterocycles. The van der Waals surface area contributed by atoms with E-state index < -0.39 is 5.91 Å². The van der Waals surface area contributed by atoms with Crippen molar-refractivity contribution < 1.29 is 14.3 Å². The maximum atomic E-state index is 12.1. The van der Waals surface area contributed by atoms with Crippen LogP contribution < -0.4 is 15.4 Å². The lowest BCUT2D eigenvalue weighted by atomic mass is 10.2. The summed E-state index contributed by atoms with van der Waals surface area (Å²) >= 11 is 6.00. The van der Waals surface area contributed by atoms with E-state index in [9.17, 15) is 9.59 Å². The molecule has 0 fully saturated rings. The van der Waals surface area contributed by atoms with Gasteiger partial charge in [0.15, 0.2) is 0 Å². The molecule has 2 N–H and O–H groups in total. The van der Waals surface area contributed by atoms with Crippen LogP contribution in [0.15, 0.2) is 48.5 Å². The van der Waals surface area contributed by atoms with Gasteiger partial charge in [0.1, 0.15) is 12.2 Å². The first-order valence-electron chi connectivity index (χ1n) is 8.03. The summed E-state index contributed by atoms with van der Waals surface area (Å²) in [5, 5.41) is 14.4. The van der Waals surface area contributed by atoms with E-state index in [1.54, 1.807) is 42.5 Å². The van der Waals surface area contributed by atoms with E-state index in [0.717, 1.165) is 0 Å². The predicted octanol–water partition coefficient (Wildman–Crippen LogP) is 3.99. The van der Waals surface area contributed by atoms with E-state index in [2.05, 4.69) is 10.6 Å².